The van der Waals surface area contributed by atoms with Crippen LogP contribution in [0.4, 0.5) is 0 Å². The van der Waals surface area contributed by atoms with Gasteiger partial charge < -0.3 is 0 Å². The Labute approximate surface area is 173 Å². The predicted octanol–water partition coefficient (Wildman–Crippen LogP) is 6.25. The Hall–Kier alpha value is -2.42. The van der Waals surface area contributed by atoms with Gasteiger partial charge in [-0.3, -0.25) is 0 Å². The van der Waals surface area contributed by atoms with Crippen LogP contribution in [-0.4, -0.2) is 9.38 Å². The lowest BCUT2D eigenvalue weighted by Crippen LogP contribution is -2.66. The SMILES string of the molecule is CCCC1(C)c2cccc3nc(C(C)C)n4c5ccccc5[n+](c4c23)C1(C)CC. The van der Waals surface area contributed by atoms with E-state index in [1.165, 1.54) is 40.5 Å². The summed E-state index contributed by atoms with van der Waals surface area (Å²) in [6.07, 6.45) is 3.43. The van der Waals surface area contributed by atoms with E-state index >= 15 is 0 Å². The van der Waals surface area contributed by atoms with Crippen LogP contribution < -0.4 is 4.57 Å². The Balaban J connectivity index is 2.15. The molecule has 1 aliphatic rings. The second kappa shape index (κ2) is 6.04. The zero-order valence-corrected chi connectivity index (χ0v) is 18.6. The molecule has 0 radical (unpaired) electrons. The predicted molar refractivity (Wildman–Crippen MR) is 121 cm³/mol. The Morgan fingerprint density at radius 3 is 2.48 bits per heavy atom. The maximum absolute atomic E-state index is 5.21. The normalized spacial score (nSPS) is 23.8. The van der Waals surface area contributed by atoms with Crippen LogP contribution in [-0.2, 0) is 11.0 Å². The first-order valence-electron chi connectivity index (χ1n) is 11.2. The number of rotatable bonds is 4. The van der Waals surface area contributed by atoms with Gasteiger partial charge in [0.1, 0.15) is 5.54 Å². The van der Waals surface area contributed by atoms with Gasteiger partial charge in [0.05, 0.1) is 10.9 Å². The summed E-state index contributed by atoms with van der Waals surface area (Å²) in [5, 5.41) is 1.34. The van der Waals surface area contributed by atoms with Gasteiger partial charge in [-0.15, -0.1) is 0 Å². The van der Waals surface area contributed by atoms with Crippen molar-refractivity contribution in [2.45, 2.75) is 77.7 Å². The molecule has 1 aliphatic heterocycles. The molecule has 0 fully saturated rings. The summed E-state index contributed by atoms with van der Waals surface area (Å²) in [7, 11) is 0. The molecule has 2 aromatic carbocycles. The monoisotopic (exact) mass is 386 g/mol. The molecule has 0 saturated heterocycles. The molecular weight excluding hydrogens is 354 g/mol. The summed E-state index contributed by atoms with van der Waals surface area (Å²) in [6.45, 7) is 14.1. The largest absolute Gasteiger partial charge is 0.299 e. The van der Waals surface area contributed by atoms with Crippen molar-refractivity contribution in [3.63, 3.8) is 0 Å². The molecule has 2 aromatic heterocycles. The Morgan fingerprint density at radius 2 is 1.79 bits per heavy atom. The lowest BCUT2D eigenvalue weighted by atomic mass is 9.61. The summed E-state index contributed by atoms with van der Waals surface area (Å²) in [5.74, 6) is 1.50. The highest BCUT2D eigenvalue weighted by Gasteiger charge is 2.55. The zero-order valence-electron chi connectivity index (χ0n) is 18.6. The number of hydrogen-bond donors (Lipinski definition) is 0. The van der Waals surface area contributed by atoms with Crippen molar-refractivity contribution in [1.82, 2.24) is 9.38 Å². The lowest BCUT2D eigenvalue weighted by Gasteiger charge is -2.47. The van der Waals surface area contributed by atoms with Crippen LogP contribution >= 0.6 is 0 Å². The molecule has 0 saturated carbocycles. The second-order valence-corrected chi connectivity index (χ2v) is 9.52. The molecule has 4 aromatic rings. The van der Waals surface area contributed by atoms with Crippen molar-refractivity contribution in [1.29, 1.82) is 0 Å². The van der Waals surface area contributed by atoms with E-state index in [-0.39, 0.29) is 11.0 Å². The molecule has 2 unspecified atom stereocenters. The second-order valence-electron chi connectivity index (χ2n) is 9.52. The van der Waals surface area contributed by atoms with Gasteiger partial charge in [0.25, 0.3) is 5.65 Å². The quantitative estimate of drug-likeness (QED) is 0.380. The molecule has 3 nitrogen and oxygen atoms in total. The first-order chi connectivity index (χ1) is 13.9. The van der Waals surface area contributed by atoms with Gasteiger partial charge in [-0.25, -0.2) is 9.55 Å². The minimum absolute atomic E-state index is 0.00570. The van der Waals surface area contributed by atoms with Gasteiger partial charge in [0.2, 0.25) is 5.82 Å². The summed E-state index contributed by atoms with van der Waals surface area (Å²) in [6, 6.07) is 15.7. The molecule has 2 atom stereocenters. The van der Waals surface area contributed by atoms with Gasteiger partial charge in [-0.1, -0.05) is 65.3 Å². The third-order valence-electron chi connectivity index (χ3n) is 7.75. The molecule has 29 heavy (non-hydrogen) atoms. The third kappa shape index (κ3) is 2.09. The molecule has 0 amide bonds. The van der Waals surface area contributed by atoms with Gasteiger partial charge in [0.15, 0.2) is 11.0 Å². The Kier molecular flexibility index (Phi) is 3.87. The van der Waals surface area contributed by atoms with Crippen molar-refractivity contribution < 1.29 is 4.57 Å². The Bertz CT molecular complexity index is 1270. The molecule has 150 valence electrons. The maximum atomic E-state index is 5.21. The zero-order chi connectivity index (χ0) is 20.6. The minimum atomic E-state index is -0.00570. The van der Waals surface area contributed by atoms with Crippen molar-refractivity contribution >= 4 is 27.6 Å². The highest BCUT2D eigenvalue weighted by Crippen LogP contribution is 2.50. The first-order valence-corrected chi connectivity index (χ1v) is 11.2. The standard InChI is InChI=1S/C26H32N3/c1-7-16-25(5)18-12-11-13-19-22(18)24-28(23(27-19)17(3)4)20-14-9-10-15-21(20)29(24)26(25,6)8-2/h9-15,17H,7-8,16H2,1-6H3/q+1. The summed E-state index contributed by atoms with van der Waals surface area (Å²) < 4.78 is 5.12. The minimum Gasteiger partial charge on any atom is -0.216 e. The summed E-state index contributed by atoms with van der Waals surface area (Å²) >= 11 is 0. The number of hydrogen-bond acceptors (Lipinski definition) is 1. The van der Waals surface area contributed by atoms with E-state index in [0.717, 1.165) is 17.8 Å². The van der Waals surface area contributed by atoms with Crippen LogP contribution in [0, 0.1) is 0 Å². The lowest BCUT2D eigenvalue weighted by molar-refractivity contribution is -0.728. The molecule has 3 heterocycles. The molecule has 0 N–H and O–H groups in total. The smallest absolute Gasteiger partial charge is 0.216 e. The van der Waals surface area contributed by atoms with E-state index in [9.17, 15) is 0 Å². The third-order valence-corrected chi connectivity index (χ3v) is 7.75. The fraction of sp³-hybridized carbons (Fsp3) is 0.462. The average molecular weight is 387 g/mol. The van der Waals surface area contributed by atoms with Crippen LogP contribution in [0.15, 0.2) is 42.5 Å². The highest BCUT2D eigenvalue weighted by molar-refractivity contribution is 5.97. The van der Waals surface area contributed by atoms with E-state index < -0.39 is 0 Å². The van der Waals surface area contributed by atoms with E-state index in [1.54, 1.807) is 0 Å². The fourth-order valence-corrected chi connectivity index (χ4v) is 6.00. The van der Waals surface area contributed by atoms with Crippen molar-refractivity contribution in [3.8, 4) is 0 Å². The molecule has 0 spiro atoms. The molecular formula is C26H32N3+. The van der Waals surface area contributed by atoms with E-state index in [0.29, 0.717) is 5.92 Å². The number of imidazole rings is 1. The van der Waals surface area contributed by atoms with Crippen LogP contribution in [0.3, 0.4) is 0 Å². The molecule has 5 rings (SSSR count). The molecule has 0 bridgehead atoms. The first kappa shape index (κ1) is 18.6. The van der Waals surface area contributed by atoms with Crippen molar-refractivity contribution in [2.24, 2.45) is 0 Å². The van der Waals surface area contributed by atoms with E-state index in [2.05, 4.69) is 93.0 Å². The molecule has 3 heteroatoms. The van der Waals surface area contributed by atoms with Crippen LogP contribution in [0.2, 0.25) is 0 Å². The van der Waals surface area contributed by atoms with Crippen LogP contribution in [0.25, 0.3) is 27.6 Å². The van der Waals surface area contributed by atoms with Gasteiger partial charge in [-0.05, 0) is 43.5 Å². The number of benzene rings is 2. The van der Waals surface area contributed by atoms with Gasteiger partial charge in [0, 0.05) is 11.3 Å². The highest BCUT2D eigenvalue weighted by atomic mass is 15.2. The number of para-hydroxylation sites is 2. The number of nitrogens with zero attached hydrogens (tertiary/aromatic N) is 3. The van der Waals surface area contributed by atoms with Crippen molar-refractivity contribution in [3.05, 3.63) is 53.9 Å². The number of aromatic nitrogens is 3. The maximum Gasteiger partial charge on any atom is 0.299 e. The van der Waals surface area contributed by atoms with Crippen molar-refractivity contribution in [2.75, 3.05) is 0 Å². The number of fused-ring (bicyclic) bond motifs is 3. The fourth-order valence-electron chi connectivity index (χ4n) is 6.00. The van der Waals surface area contributed by atoms with Gasteiger partial charge in [-0.2, -0.15) is 4.40 Å². The van der Waals surface area contributed by atoms with Gasteiger partial charge >= 0.3 is 0 Å². The summed E-state index contributed by atoms with van der Waals surface area (Å²) in [5.41, 5.74) is 6.58. The van der Waals surface area contributed by atoms with E-state index in [4.69, 9.17) is 4.98 Å². The van der Waals surface area contributed by atoms with E-state index in [1.807, 2.05) is 0 Å². The van der Waals surface area contributed by atoms with Crippen LogP contribution in [0.1, 0.15) is 78.1 Å². The average Bonchev–Trinajstić information content (AvgIpc) is 3.07. The molecule has 0 aliphatic carbocycles. The topological polar surface area (TPSA) is 21.2 Å². The Morgan fingerprint density at radius 1 is 1.03 bits per heavy atom. The summed E-state index contributed by atoms with van der Waals surface area (Å²) in [4.78, 5) is 5.21. The van der Waals surface area contributed by atoms with Crippen LogP contribution in [0.5, 0.6) is 0 Å².